The van der Waals surface area contributed by atoms with Crippen LogP contribution in [-0.4, -0.2) is 18.4 Å². The third-order valence-corrected chi connectivity index (χ3v) is 7.04. The number of thiazole rings is 1. The largest absolute Gasteiger partial charge is 0.255 e. The number of primary sulfonamides is 1. The number of nitrogens with two attached hydrogens (primary N) is 1. The summed E-state index contributed by atoms with van der Waals surface area (Å²) in [7, 11) is -3.77. The summed E-state index contributed by atoms with van der Waals surface area (Å²) in [5, 5.41) is 6.14. The Morgan fingerprint density at radius 3 is 2.35 bits per heavy atom. The van der Waals surface area contributed by atoms with E-state index in [1.165, 1.54) is 11.6 Å². The van der Waals surface area contributed by atoms with Gasteiger partial charge in [-0.15, -0.1) is 11.3 Å². The molecule has 0 unspecified atom stereocenters. The van der Waals surface area contributed by atoms with Crippen LogP contribution >= 0.6 is 11.3 Å². The van der Waals surface area contributed by atoms with E-state index < -0.39 is 10.0 Å². The van der Waals surface area contributed by atoms with Gasteiger partial charge in [0.25, 0.3) is 10.0 Å². The van der Waals surface area contributed by atoms with E-state index in [1.54, 1.807) is 17.5 Å². The summed E-state index contributed by atoms with van der Waals surface area (Å²) in [5.74, 6) is 0.561. The van der Waals surface area contributed by atoms with Gasteiger partial charge >= 0.3 is 0 Å². The second-order valence-electron chi connectivity index (χ2n) is 7.18. The zero-order valence-corrected chi connectivity index (χ0v) is 16.1. The lowest BCUT2D eigenvalue weighted by Crippen LogP contribution is -2.13. The molecule has 2 N–H and O–H groups in total. The van der Waals surface area contributed by atoms with Gasteiger partial charge in [0.15, 0.2) is 5.03 Å². The Balaban J connectivity index is 1.62. The first kappa shape index (κ1) is 17.3. The average Bonchev–Trinajstić information content (AvgIpc) is 2.95. The molecule has 2 aromatic heterocycles. The molecule has 2 heterocycles. The molecule has 26 heavy (non-hydrogen) atoms. The third-order valence-electron chi connectivity index (χ3n) is 5.09. The van der Waals surface area contributed by atoms with Gasteiger partial charge in [-0.2, -0.15) is 0 Å². The number of pyridine rings is 1. The van der Waals surface area contributed by atoms with Gasteiger partial charge in [-0.05, 0) is 22.6 Å². The van der Waals surface area contributed by atoms with Gasteiger partial charge in [0.1, 0.15) is 0 Å². The number of benzene rings is 1. The van der Waals surface area contributed by atoms with Gasteiger partial charge in [0.2, 0.25) is 0 Å². The Labute approximate surface area is 157 Å². The van der Waals surface area contributed by atoms with E-state index >= 15 is 0 Å². The van der Waals surface area contributed by atoms with E-state index in [2.05, 4.69) is 35.9 Å². The lowest BCUT2D eigenvalue weighted by Gasteiger charge is -2.03. The van der Waals surface area contributed by atoms with Crippen LogP contribution in [0.25, 0.3) is 10.4 Å². The Kier molecular flexibility index (Phi) is 3.98. The van der Waals surface area contributed by atoms with Crippen molar-refractivity contribution in [2.24, 2.45) is 10.6 Å². The molecule has 1 aliphatic rings. The predicted molar refractivity (Wildman–Crippen MR) is 102 cm³/mol. The summed E-state index contributed by atoms with van der Waals surface area (Å²) >= 11 is 1.72. The minimum atomic E-state index is -3.77. The van der Waals surface area contributed by atoms with Crippen LogP contribution in [0.5, 0.6) is 0 Å². The van der Waals surface area contributed by atoms with E-state index in [0.29, 0.717) is 5.92 Å². The maximum atomic E-state index is 11.4. The highest BCUT2D eigenvalue weighted by Crippen LogP contribution is 2.70. The summed E-state index contributed by atoms with van der Waals surface area (Å²) in [6, 6.07) is 13.5. The topological polar surface area (TPSA) is 85.9 Å². The maximum absolute atomic E-state index is 11.4. The molecule has 0 bridgehead atoms. The number of aromatic nitrogens is 2. The molecular formula is C19H19N3O2S2. The first-order valence-electron chi connectivity index (χ1n) is 8.28. The minimum absolute atomic E-state index is 0.0522. The molecule has 1 aromatic carbocycles. The summed E-state index contributed by atoms with van der Waals surface area (Å²) in [6.07, 6.45) is 3.56. The van der Waals surface area contributed by atoms with E-state index in [9.17, 15) is 8.42 Å². The molecule has 1 aliphatic carbocycles. The number of hydrogen-bond donors (Lipinski definition) is 1. The fraction of sp³-hybridized carbons (Fsp3) is 0.263. The lowest BCUT2D eigenvalue weighted by atomic mass is 10.1. The van der Waals surface area contributed by atoms with Crippen LogP contribution in [-0.2, 0) is 10.0 Å². The Morgan fingerprint density at radius 2 is 1.73 bits per heavy atom. The number of nitrogens with zero attached hydrogens (tertiary/aromatic N) is 2. The minimum Gasteiger partial charge on any atom is -0.249 e. The highest BCUT2D eigenvalue weighted by Gasteiger charge is 2.60. The molecule has 0 amide bonds. The summed E-state index contributed by atoms with van der Waals surface area (Å²) in [5.41, 5.74) is 2.24. The highest BCUT2D eigenvalue weighted by molar-refractivity contribution is 7.89. The molecule has 0 saturated heterocycles. The number of hydrogen-bond acceptors (Lipinski definition) is 5. The number of rotatable bonds is 4. The van der Waals surface area contributed by atoms with Gasteiger partial charge in [-0.25, -0.2) is 23.5 Å². The van der Waals surface area contributed by atoms with Crippen molar-refractivity contribution in [3.8, 4) is 10.4 Å². The summed E-state index contributed by atoms with van der Waals surface area (Å²) in [4.78, 5) is 9.85. The molecular weight excluding hydrogens is 366 g/mol. The molecule has 1 saturated carbocycles. The molecule has 4 rings (SSSR count). The quantitative estimate of drug-likeness (QED) is 0.741. The Bertz CT molecular complexity index is 1040. The second kappa shape index (κ2) is 5.97. The fourth-order valence-corrected chi connectivity index (χ4v) is 5.35. The highest BCUT2D eigenvalue weighted by atomic mass is 32.2. The summed E-state index contributed by atoms with van der Waals surface area (Å²) < 4.78 is 22.8. The molecule has 0 aliphatic heterocycles. The normalized spacial score (nSPS) is 21.5. The van der Waals surface area contributed by atoms with E-state index in [-0.39, 0.29) is 16.4 Å². The first-order valence-corrected chi connectivity index (χ1v) is 10.6. The van der Waals surface area contributed by atoms with E-state index in [0.717, 1.165) is 15.4 Å². The van der Waals surface area contributed by atoms with Gasteiger partial charge < -0.3 is 0 Å². The van der Waals surface area contributed by atoms with Gasteiger partial charge in [-0.1, -0.05) is 50.2 Å². The number of sulfonamides is 1. The first-order chi connectivity index (χ1) is 12.3. The maximum Gasteiger partial charge on any atom is 0.255 e. The van der Waals surface area contributed by atoms with Crippen molar-refractivity contribution in [1.29, 1.82) is 0 Å². The Morgan fingerprint density at radius 1 is 1.00 bits per heavy atom. The van der Waals surface area contributed by atoms with Crippen LogP contribution in [0, 0.1) is 5.41 Å². The standard InChI is InChI=1S/C19H19N3O2S2/c1-19(2)16(13-8-9-15(21-10-13)26(20,23)24)17(19)18-22-11-14(25-18)12-6-4-3-5-7-12/h3-11,16-17H,1-2H3,(H2,20,23,24)/t16-,17+/m0/s1. The molecule has 1 fully saturated rings. The van der Waals surface area contributed by atoms with Crippen molar-refractivity contribution < 1.29 is 8.42 Å². The molecule has 3 aromatic rings. The monoisotopic (exact) mass is 385 g/mol. The summed E-state index contributed by atoms with van der Waals surface area (Å²) in [6.45, 7) is 4.42. The van der Waals surface area contributed by atoms with E-state index in [1.807, 2.05) is 30.5 Å². The van der Waals surface area contributed by atoms with Crippen LogP contribution in [0.2, 0.25) is 0 Å². The third kappa shape index (κ3) is 2.96. The van der Waals surface area contributed by atoms with Gasteiger partial charge in [0.05, 0.1) is 9.88 Å². The molecule has 134 valence electrons. The second-order valence-corrected chi connectivity index (χ2v) is 9.75. The van der Waals surface area contributed by atoms with Crippen molar-refractivity contribution in [1.82, 2.24) is 9.97 Å². The van der Waals surface area contributed by atoms with Gasteiger partial charge in [0, 0.05) is 24.2 Å². The zero-order chi connectivity index (χ0) is 18.5. The van der Waals surface area contributed by atoms with Gasteiger partial charge in [-0.3, -0.25) is 0 Å². The van der Waals surface area contributed by atoms with Crippen LogP contribution in [0.15, 0.2) is 59.9 Å². The van der Waals surface area contributed by atoms with E-state index in [4.69, 9.17) is 5.14 Å². The zero-order valence-electron chi connectivity index (χ0n) is 14.5. The SMILES string of the molecule is CC1(C)[C@@H](c2ccc(S(N)(=O)=O)nc2)[C@@H]1c1ncc(-c2ccccc2)s1. The van der Waals surface area contributed by atoms with Crippen molar-refractivity contribution in [2.45, 2.75) is 30.7 Å². The van der Waals surface area contributed by atoms with Crippen molar-refractivity contribution in [2.75, 3.05) is 0 Å². The van der Waals surface area contributed by atoms with Crippen LogP contribution in [0.4, 0.5) is 0 Å². The average molecular weight is 386 g/mol. The molecule has 7 heteroatoms. The van der Waals surface area contributed by atoms with Crippen LogP contribution < -0.4 is 5.14 Å². The predicted octanol–water partition coefficient (Wildman–Crippen LogP) is 3.76. The van der Waals surface area contributed by atoms with Crippen LogP contribution in [0.3, 0.4) is 0 Å². The smallest absolute Gasteiger partial charge is 0.249 e. The van der Waals surface area contributed by atoms with Crippen molar-refractivity contribution >= 4 is 21.4 Å². The molecule has 2 atom stereocenters. The Hall–Kier alpha value is -2.09. The van der Waals surface area contributed by atoms with Crippen molar-refractivity contribution in [3.05, 3.63) is 65.4 Å². The molecule has 5 nitrogen and oxygen atoms in total. The fourth-order valence-electron chi connectivity index (χ4n) is 3.63. The molecule has 0 radical (unpaired) electrons. The van der Waals surface area contributed by atoms with Crippen LogP contribution in [0.1, 0.15) is 36.3 Å². The lowest BCUT2D eigenvalue weighted by molar-refractivity contribution is 0.593. The molecule has 0 spiro atoms. The van der Waals surface area contributed by atoms with Crippen molar-refractivity contribution in [3.63, 3.8) is 0 Å².